The monoisotopic (exact) mass is 326 g/mol. The molecule has 1 saturated heterocycles. The first kappa shape index (κ1) is 16.3. The minimum absolute atomic E-state index is 0.0574. The van der Waals surface area contributed by atoms with Crippen LogP contribution in [0.1, 0.15) is 12.0 Å². The highest BCUT2D eigenvalue weighted by Gasteiger charge is 2.32. The van der Waals surface area contributed by atoms with Crippen LogP contribution in [0.15, 0.2) is 23.3 Å². The first-order valence-electron chi connectivity index (χ1n) is 6.70. The van der Waals surface area contributed by atoms with E-state index >= 15 is 0 Å². The van der Waals surface area contributed by atoms with Crippen molar-refractivity contribution in [2.24, 2.45) is 11.0 Å². The maximum absolute atomic E-state index is 11.8. The molecule has 1 aliphatic heterocycles. The van der Waals surface area contributed by atoms with E-state index in [4.69, 9.17) is 9.47 Å². The number of rotatable bonds is 5. The first-order valence-corrected chi connectivity index (χ1v) is 8.52. The Morgan fingerprint density at radius 1 is 1.27 bits per heavy atom. The zero-order valence-electron chi connectivity index (χ0n) is 12.4. The highest BCUT2D eigenvalue weighted by Crippen LogP contribution is 2.21. The van der Waals surface area contributed by atoms with Crippen molar-refractivity contribution in [3.63, 3.8) is 0 Å². The Morgan fingerprint density at radius 3 is 2.41 bits per heavy atom. The van der Waals surface area contributed by atoms with Crippen molar-refractivity contribution in [1.82, 2.24) is 5.43 Å². The number of hydrogen-bond donors (Lipinski definition) is 1. The van der Waals surface area contributed by atoms with Gasteiger partial charge in [-0.15, -0.1) is 0 Å². The molecule has 22 heavy (non-hydrogen) atoms. The quantitative estimate of drug-likeness (QED) is 0.631. The number of sulfone groups is 1. The molecule has 1 aromatic rings. The second-order valence-corrected chi connectivity index (χ2v) is 7.21. The molecule has 8 heteroatoms. The summed E-state index contributed by atoms with van der Waals surface area (Å²) in [7, 11) is -0.00209. The molecule has 1 atom stereocenters. The summed E-state index contributed by atoms with van der Waals surface area (Å²) in [5, 5.41) is 3.85. The Labute approximate surface area is 129 Å². The van der Waals surface area contributed by atoms with E-state index in [1.807, 2.05) is 0 Å². The standard InChI is InChI=1S/C14H18N2O5S/c1-20-12-5-10(6-13(7-12)21-2)8-15-16-14(17)11-3-4-22(18,19)9-11/h5-8,11H,3-4,9H2,1-2H3,(H,16,17)/b15-8-/t11-/m0/s1. The van der Waals surface area contributed by atoms with Gasteiger partial charge in [0, 0.05) is 11.6 Å². The summed E-state index contributed by atoms with van der Waals surface area (Å²) in [6, 6.07) is 5.19. The van der Waals surface area contributed by atoms with Crippen molar-refractivity contribution in [3.05, 3.63) is 23.8 Å². The van der Waals surface area contributed by atoms with E-state index in [2.05, 4.69) is 10.5 Å². The lowest BCUT2D eigenvalue weighted by molar-refractivity contribution is -0.124. The van der Waals surface area contributed by atoms with Gasteiger partial charge in [-0.3, -0.25) is 4.79 Å². The van der Waals surface area contributed by atoms with Crippen molar-refractivity contribution >= 4 is 22.0 Å². The van der Waals surface area contributed by atoms with Gasteiger partial charge in [0.1, 0.15) is 11.5 Å². The van der Waals surface area contributed by atoms with E-state index in [1.165, 1.54) is 20.4 Å². The number of nitrogens with zero attached hydrogens (tertiary/aromatic N) is 1. The fraction of sp³-hybridized carbons (Fsp3) is 0.429. The first-order chi connectivity index (χ1) is 10.4. The highest BCUT2D eigenvalue weighted by atomic mass is 32.2. The van der Waals surface area contributed by atoms with Gasteiger partial charge in [-0.25, -0.2) is 13.8 Å². The fourth-order valence-corrected chi connectivity index (χ4v) is 3.91. The molecule has 0 unspecified atom stereocenters. The number of hydrogen-bond acceptors (Lipinski definition) is 6. The summed E-state index contributed by atoms with van der Waals surface area (Å²) in [4.78, 5) is 11.8. The van der Waals surface area contributed by atoms with Crippen molar-refractivity contribution < 1.29 is 22.7 Å². The van der Waals surface area contributed by atoms with Gasteiger partial charge in [0.15, 0.2) is 9.84 Å². The summed E-state index contributed by atoms with van der Waals surface area (Å²) in [5.41, 5.74) is 3.06. The summed E-state index contributed by atoms with van der Waals surface area (Å²) in [5.74, 6) is 0.251. The number of ether oxygens (including phenoxy) is 2. The molecule has 1 N–H and O–H groups in total. The summed E-state index contributed by atoms with van der Waals surface area (Å²) < 4.78 is 32.9. The molecule has 1 fully saturated rings. The molecule has 1 heterocycles. The molecule has 2 rings (SSSR count). The maximum Gasteiger partial charge on any atom is 0.244 e. The Morgan fingerprint density at radius 2 is 1.91 bits per heavy atom. The molecule has 0 aliphatic carbocycles. The van der Waals surface area contributed by atoms with Crippen molar-refractivity contribution in [2.75, 3.05) is 25.7 Å². The lowest BCUT2D eigenvalue weighted by Crippen LogP contribution is -2.27. The van der Waals surface area contributed by atoms with Gasteiger partial charge in [-0.2, -0.15) is 5.10 Å². The summed E-state index contributed by atoms with van der Waals surface area (Å²) in [6.07, 6.45) is 1.79. The smallest absolute Gasteiger partial charge is 0.244 e. The third-order valence-electron chi connectivity index (χ3n) is 3.37. The predicted octanol–water partition coefficient (Wildman–Crippen LogP) is 0.589. The van der Waals surface area contributed by atoms with Crippen LogP contribution in [0.2, 0.25) is 0 Å². The van der Waals surface area contributed by atoms with Crippen LogP contribution in [0.25, 0.3) is 0 Å². The van der Waals surface area contributed by atoms with Crippen molar-refractivity contribution in [1.29, 1.82) is 0 Å². The second kappa shape index (κ2) is 6.78. The zero-order chi connectivity index (χ0) is 16.2. The zero-order valence-corrected chi connectivity index (χ0v) is 13.2. The van der Waals surface area contributed by atoms with E-state index in [-0.39, 0.29) is 17.4 Å². The lowest BCUT2D eigenvalue weighted by Gasteiger charge is -2.06. The highest BCUT2D eigenvalue weighted by molar-refractivity contribution is 7.91. The number of hydrazone groups is 1. The van der Waals surface area contributed by atoms with Gasteiger partial charge in [0.25, 0.3) is 0 Å². The van der Waals surface area contributed by atoms with Crippen LogP contribution in [-0.4, -0.2) is 46.3 Å². The van der Waals surface area contributed by atoms with Gasteiger partial charge < -0.3 is 9.47 Å². The Kier molecular flexibility index (Phi) is 5.02. The fourth-order valence-electron chi connectivity index (χ4n) is 2.17. The molecule has 1 aliphatic rings. The Hall–Kier alpha value is -2.09. The summed E-state index contributed by atoms with van der Waals surface area (Å²) >= 11 is 0. The van der Waals surface area contributed by atoms with Gasteiger partial charge in [0.05, 0.1) is 37.9 Å². The maximum atomic E-state index is 11.8. The Bertz CT molecular complexity index is 662. The van der Waals surface area contributed by atoms with Crippen LogP contribution in [0.4, 0.5) is 0 Å². The largest absolute Gasteiger partial charge is 0.497 e. The van der Waals surface area contributed by atoms with E-state index in [9.17, 15) is 13.2 Å². The van der Waals surface area contributed by atoms with Crippen LogP contribution in [0.5, 0.6) is 11.5 Å². The average Bonchev–Trinajstić information content (AvgIpc) is 2.87. The van der Waals surface area contributed by atoms with Crippen LogP contribution in [0.3, 0.4) is 0 Å². The molecule has 1 amide bonds. The number of carbonyl (C=O) groups is 1. The molecule has 0 bridgehead atoms. The Balaban J connectivity index is 1.99. The van der Waals surface area contributed by atoms with Crippen LogP contribution < -0.4 is 14.9 Å². The van der Waals surface area contributed by atoms with Gasteiger partial charge in [-0.1, -0.05) is 0 Å². The van der Waals surface area contributed by atoms with Crippen LogP contribution >= 0.6 is 0 Å². The minimum Gasteiger partial charge on any atom is -0.497 e. The van der Waals surface area contributed by atoms with Crippen LogP contribution in [0, 0.1) is 5.92 Å². The van der Waals surface area contributed by atoms with E-state index in [1.54, 1.807) is 18.2 Å². The van der Waals surface area contributed by atoms with Gasteiger partial charge in [0.2, 0.25) is 5.91 Å². The topological polar surface area (TPSA) is 94.1 Å². The number of nitrogens with one attached hydrogen (secondary N) is 1. The van der Waals surface area contributed by atoms with Crippen molar-refractivity contribution in [3.8, 4) is 11.5 Å². The van der Waals surface area contributed by atoms with Gasteiger partial charge in [-0.05, 0) is 18.6 Å². The molecule has 120 valence electrons. The lowest BCUT2D eigenvalue weighted by atomic mass is 10.1. The molecular weight excluding hydrogens is 308 g/mol. The molecule has 0 saturated carbocycles. The van der Waals surface area contributed by atoms with E-state index in [0.717, 1.165) is 0 Å². The second-order valence-electron chi connectivity index (χ2n) is 4.98. The number of benzene rings is 1. The molecule has 0 spiro atoms. The molecule has 0 radical (unpaired) electrons. The third-order valence-corrected chi connectivity index (χ3v) is 5.13. The van der Waals surface area contributed by atoms with Gasteiger partial charge >= 0.3 is 0 Å². The normalized spacial score (nSPS) is 20.0. The molecular formula is C14H18N2O5S. The number of methoxy groups -OCH3 is 2. The SMILES string of the molecule is COc1cc(/C=N\NC(=O)[C@H]2CCS(=O)(=O)C2)cc(OC)c1. The van der Waals surface area contributed by atoms with E-state index < -0.39 is 15.8 Å². The molecule has 7 nitrogen and oxygen atoms in total. The third kappa shape index (κ3) is 4.20. The number of carbonyl (C=O) groups excluding carboxylic acids is 1. The summed E-state index contributed by atoms with van der Waals surface area (Å²) in [6.45, 7) is 0. The molecule has 0 aromatic heterocycles. The van der Waals surface area contributed by atoms with Crippen LogP contribution in [-0.2, 0) is 14.6 Å². The predicted molar refractivity (Wildman–Crippen MR) is 82.0 cm³/mol. The molecule has 1 aromatic carbocycles. The minimum atomic E-state index is -3.08. The number of amides is 1. The van der Waals surface area contributed by atoms with E-state index in [0.29, 0.717) is 23.5 Å². The average molecular weight is 326 g/mol. The van der Waals surface area contributed by atoms with Crippen molar-refractivity contribution in [2.45, 2.75) is 6.42 Å².